The van der Waals surface area contributed by atoms with Crippen molar-refractivity contribution in [1.82, 2.24) is 20.1 Å². The fraction of sp³-hybridized carbons (Fsp3) is 0.550. The van der Waals surface area contributed by atoms with Gasteiger partial charge in [-0.3, -0.25) is 9.36 Å². The molecule has 2 heterocycles. The first kappa shape index (κ1) is 23.2. The summed E-state index contributed by atoms with van der Waals surface area (Å²) in [5.41, 5.74) is 0.831. The van der Waals surface area contributed by atoms with Crippen LogP contribution in [0.1, 0.15) is 32.4 Å². The van der Waals surface area contributed by atoms with Crippen molar-refractivity contribution in [2.75, 3.05) is 37.0 Å². The first-order valence-corrected chi connectivity index (χ1v) is 11.7. The predicted octanol–water partition coefficient (Wildman–Crippen LogP) is 4.05. The summed E-state index contributed by atoms with van der Waals surface area (Å²) >= 11 is 13.6. The SMILES string of the molecule is CC(C)Cn1c(SCC(=O)NC(C)c2ccc(Cl)cc2Cl)nnc1N1CCOCC1. The van der Waals surface area contributed by atoms with Gasteiger partial charge in [-0.25, -0.2) is 0 Å². The van der Waals surface area contributed by atoms with Gasteiger partial charge in [-0.15, -0.1) is 10.2 Å². The lowest BCUT2D eigenvalue weighted by molar-refractivity contribution is -0.119. The fourth-order valence-corrected chi connectivity index (χ4v) is 4.58. The Morgan fingerprint density at radius 3 is 2.63 bits per heavy atom. The van der Waals surface area contributed by atoms with Crippen molar-refractivity contribution in [3.63, 3.8) is 0 Å². The number of ether oxygens (including phenoxy) is 1. The zero-order valence-electron chi connectivity index (χ0n) is 17.4. The number of aromatic nitrogens is 3. The van der Waals surface area contributed by atoms with E-state index in [0.29, 0.717) is 29.2 Å². The average molecular weight is 472 g/mol. The third-order valence-corrected chi connectivity index (χ3v) is 6.21. The second-order valence-corrected chi connectivity index (χ2v) is 9.42. The van der Waals surface area contributed by atoms with Crippen LogP contribution < -0.4 is 10.2 Å². The maximum atomic E-state index is 12.5. The zero-order valence-corrected chi connectivity index (χ0v) is 19.7. The molecule has 1 fully saturated rings. The van der Waals surface area contributed by atoms with Gasteiger partial charge in [0.25, 0.3) is 0 Å². The third kappa shape index (κ3) is 6.03. The molecule has 1 aliphatic heterocycles. The van der Waals surface area contributed by atoms with Gasteiger partial charge in [-0.2, -0.15) is 0 Å². The van der Waals surface area contributed by atoms with Gasteiger partial charge in [0.05, 0.1) is 25.0 Å². The highest BCUT2D eigenvalue weighted by Gasteiger charge is 2.22. The van der Waals surface area contributed by atoms with E-state index in [1.54, 1.807) is 12.1 Å². The number of morpholine rings is 1. The smallest absolute Gasteiger partial charge is 0.230 e. The van der Waals surface area contributed by atoms with Crippen molar-refractivity contribution >= 4 is 46.8 Å². The average Bonchev–Trinajstić information content (AvgIpc) is 3.08. The molecule has 1 aliphatic rings. The molecule has 2 aromatic rings. The normalized spacial score (nSPS) is 15.5. The lowest BCUT2D eigenvalue weighted by Gasteiger charge is -2.28. The maximum absolute atomic E-state index is 12.5. The highest BCUT2D eigenvalue weighted by Crippen LogP contribution is 2.27. The van der Waals surface area contributed by atoms with Crippen LogP contribution in [0.5, 0.6) is 0 Å². The molecule has 1 aromatic carbocycles. The number of thioether (sulfide) groups is 1. The van der Waals surface area contributed by atoms with Gasteiger partial charge >= 0.3 is 0 Å². The van der Waals surface area contributed by atoms with Gasteiger partial charge in [0, 0.05) is 29.7 Å². The Labute approximate surface area is 191 Å². The molecule has 1 amide bonds. The molecule has 3 rings (SSSR count). The van der Waals surface area contributed by atoms with E-state index in [4.69, 9.17) is 27.9 Å². The summed E-state index contributed by atoms with van der Waals surface area (Å²) in [4.78, 5) is 14.7. The maximum Gasteiger partial charge on any atom is 0.230 e. The van der Waals surface area contributed by atoms with Gasteiger partial charge in [0.1, 0.15) is 0 Å². The Kier molecular flexibility index (Phi) is 8.27. The first-order chi connectivity index (χ1) is 14.3. The number of halogens is 2. The topological polar surface area (TPSA) is 72.3 Å². The number of carbonyl (C=O) groups excluding carboxylic acids is 1. The van der Waals surface area contributed by atoms with Crippen LogP contribution in [0.2, 0.25) is 10.0 Å². The Balaban J connectivity index is 1.64. The van der Waals surface area contributed by atoms with Crippen molar-refractivity contribution in [3.8, 4) is 0 Å². The zero-order chi connectivity index (χ0) is 21.7. The minimum absolute atomic E-state index is 0.0921. The third-order valence-electron chi connectivity index (χ3n) is 4.68. The molecule has 0 spiro atoms. The van der Waals surface area contributed by atoms with Gasteiger partial charge in [0.15, 0.2) is 5.16 Å². The van der Waals surface area contributed by atoms with Crippen molar-refractivity contribution in [2.45, 2.75) is 38.5 Å². The highest BCUT2D eigenvalue weighted by atomic mass is 35.5. The number of rotatable bonds is 8. The minimum atomic E-state index is -0.222. The number of hydrogen-bond donors (Lipinski definition) is 1. The summed E-state index contributed by atoms with van der Waals surface area (Å²) in [6.45, 7) is 9.95. The molecular formula is C20H27Cl2N5O2S. The highest BCUT2D eigenvalue weighted by molar-refractivity contribution is 7.99. The van der Waals surface area contributed by atoms with Crippen LogP contribution in [0, 0.1) is 5.92 Å². The van der Waals surface area contributed by atoms with E-state index in [1.807, 2.05) is 13.0 Å². The van der Waals surface area contributed by atoms with Crippen LogP contribution in [0.3, 0.4) is 0 Å². The number of nitrogens with zero attached hydrogens (tertiary/aromatic N) is 4. The van der Waals surface area contributed by atoms with E-state index in [2.05, 4.69) is 38.8 Å². The quantitative estimate of drug-likeness (QED) is 0.585. The van der Waals surface area contributed by atoms with Crippen LogP contribution in [0.25, 0.3) is 0 Å². The minimum Gasteiger partial charge on any atom is -0.378 e. The molecule has 1 saturated heterocycles. The summed E-state index contributed by atoms with van der Waals surface area (Å²) in [5.74, 6) is 1.43. The van der Waals surface area contributed by atoms with E-state index in [0.717, 1.165) is 36.3 Å². The lowest BCUT2D eigenvalue weighted by Crippen LogP contribution is -2.38. The standard InChI is InChI=1S/C20H27Cl2N5O2S/c1-13(2)11-27-19(26-6-8-29-9-7-26)24-25-20(27)30-12-18(28)23-14(3)16-5-4-15(21)10-17(16)22/h4-5,10,13-14H,6-9,11-12H2,1-3H3,(H,23,28). The summed E-state index contributed by atoms with van der Waals surface area (Å²) in [7, 11) is 0. The van der Waals surface area contributed by atoms with Crippen LogP contribution in [-0.4, -0.2) is 52.7 Å². The second-order valence-electron chi connectivity index (χ2n) is 7.63. The molecule has 1 N–H and O–H groups in total. The Morgan fingerprint density at radius 1 is 1.23 bits per heavy atom. The number of carbonyl (C=O) groups is 1. The molecule has 164 valence electrons. The number of amides is 1. The monoisotopic (exact) mass is 471 g/mol. The lowest BCUT2D eigenvalue weighted by atomic mass is 10.1. The van der Waals surface area contributed by atoms with Crippen LogP contribution in [0.15, 0.2) is 23.4 Å². The number of hydrogen-bond acceptors (Lipinski definition) is 6. The van der Waals surface area contributed by atoms with E-state index in [9.17, 15) is 4.79 Å². The molecule has 1 atom stereocenters. The van der Waals surface area contributed by atoms with E-state index >= 15 is 0 Å². The molecule has 1 aromatic heterocycles. The van der Waals surface area contributed by atoms with Crippen molar-refractivity contribution < 1.29 is 9.53 Å². The van der Waals surface area contributed by atoms with Gasteiger partial charge in [-0.05, 0) is 30.5 Å². The molecule has 30 heavy (non-hydrogen) atoms. The molecule has 0 saturated carbocycles. The molecule has 1 unspecified atom stereocenters. The molecule has 0 aliphatic carbocycles. The molecular weight excluding hydrogens is 445 g/mol. The summed E-state index contributed by atoms with van der Waals surface area (Å²) < 4.78 is 7.55. The van der Waals surface area contributed by atoms with E-state index < -0.39 is 0 Å². The van der Waals surface area contributed by atoms with Gasteiger partial charge in [-0.1, -0.05) is 54.9 Å². The van der Waals surface area contributed by atoms with Crippen molar-refractivity contribution in [2.24, 2.45) is 5.92 Å². The molecule has 0 radical (unpaired) electrons. The number of benzene rings is 1. The fourth-order valence-electron chi connectivity index (χ4n) is 3.25. The van der Waals surface area contributed by atoms with Crippen molar-refractivity contribution in [3.05, 3.63) is 33.8 Å². The van der Waals surface area contributed by atoms with Gasteiger partial charge < -0.3 is 15.0 Å². The molecule has 0 bridgehead atoms. The Morgan fingerprint density at radius 2 is 1.97 bits per heavy atom. The summed E-state index contributed by atoms with van der Waals surface area (Å²) in [5, 5.41) is 13.6. The van der Waals surface area contributed by atoms with Crippen molar-refractivity contribution in [1.29, 1.82) is 0 Å². The molecule has 10 heteroatoms. The summed E-state index contributed by atoms with van der Waals surface area (Å²) in [6.07, 6.45) is 0. The van der Waals surface area contributed by atoms with Gasteiger partial charge in [0.2, 0.25) is 11.9 Å². The van der Waals surface area contributed by atoms with E-state index in [1.165, 1.54) is 11.8 Å². The first-order valence-electron chi connectivity index (χ1n) is 9.98. The predicted molar refractivity (Wildman–Crippen MR) is 122 cm³/mol. The van der Waals surface area contributed by atoms with Crippen LogP contribution in [0.4, 0.5) is 5.95 Å². The number of nitrogens with one attached hydrogen (secondary N) is 1. The van der Waals surface area contributed by atoms with E-state index in [-0.39, 0.29) is 17.7 Å². The largest absolute Gasteiger partial charge is 0.378 e. The second kappa shape index (κ2) is 10.7. The summed E-state index contributed by atoms with van der Waals surface area (Å²) in [6, 6.07) is 5.05. The van der Waals surface area contributed by atoms with Crippen LogP contribution in [-0.2, 0) is 16.1 Å². The molecule has 7 nitrogen and oxygen atoms in total. The Hall–Kier alpha value is -1.48. The number of anilines is 1. The van der Waals surface area contributed by atoms with Crippen LogP contribution >= 0.6 is 35.0 Å². The Bertz CT molecular complexity index is 871.